The maximum absolute atomic E-state index is 11.9. The number of pyridine rings is 1. The molecule has 1 aromatic rings. The van der Waals surface area contributed by atoms with E-state index >= 15 is 0 Å². The molecule has 96 valence electrons. The highest BCUT2D eigenvalue weighted by Crippen LogP contribution is 2.28. The minimum absolute atomic E-state index is 0.00784. The van der Waals surface area contributed by atoms with Crippen LogP contribution >= 0.6 is 0 Å². The van der Waals surface area contributed by atoms with E-state index in [4.69, 9.17) is 0 Å². The zero-order chi connectivity index (χ0) is 13.0. The van der Waals surface area contributed by atoms with Crippen molar-refractivity contribution in [2.75, 3.05) is 20.2 Å². The molecule has 2 rings (SSSR count). The fourth-order valence-corrected chi connectivity index (χ4v) is 2.19. The molecule has 1 aliphatic heterocycles. The predicted octanol–water partition coefficient (Wildman–Crippen LogP) is 0.961. The molecule has 1 aromatic heterocycles. The first-order chi connectivity index (χ1) is 8.70. The lowest BCUT2D eigenvalue weighted by molar-refractivity contribution is -0.148. The van der Waals surface area contributed by atoms with Gasteiger partial charge in [0.15, 0.2) is 0 Å². The van der Waals surface area contributed by atoms with E-state index in [9.17, 15) is 9.59 Å². The van der Waals surface area contributed by atoms with E-state index in [2.05, 4.69) is 9.72 Å². The molecule has 0 aliphatic carbocycles. The molecule has 1 amide bonds. The third-order valence-electron chi connectivity index (χ3n) is 3.25. The number of hydrogen-bond donors (Lipinski definition) is 0. The molecule has 0 radical (unpaired) electrons. The smallest absolute Gasteiger partial charge is 0.325 e. The highest BCUT2D eigenvalue weighted by Gasteiger charge is 2.28. The third-order valence-corrected chi connectivity index (χ3v) is 3.25. The monoisotopic (exact) mass is 248 g/mol. The van der Waals surface area contributed by atoms with Crippen molar-refractivity contribution < 1.29 is 14.3 Å². The summed E-state index contributed by atoms with van der Waals surface area (Å²) in [5, 5.41) is 0. The van der Waals surface area contributed by atoms with Gasteiger partial charge in [0.25, 0.3) is 0 Å². The zero-order valence-electron chi connectivity index (χ0n) is 10.3. The third kappa shape index (κ3) is 2.85. The summed E-state index contributed by atoms with van der Waals surface area (Å²) in [6.45, 7) is 0.652. The number of carbonyl (C=O) groups is 2. The fourth-order valence-electron chi connectivity index (χ4n) is 2.19. The summed E-state index contributed by atoms with van der Waals surface area (Å²) in [5.41, 5.74) is 1.14. The number of hydrogen-bond acceptors (Lipinski definition) is 4. The van der Waals surface area contributed by atoms with Crippen LogP contribution in [-0.2, 0) is 14.3 Å². The SMILES string of the molecule is COC(=O)CN1CC[C@H](c2ccncc2)CC1=O. The summed E-state index contributed by atoms with van der Waals surface area (Å²) >= 11 is 0. The van der Waals surface area contributed by atoms with Gasteiger partial charge in [0.2, 0.25) is 5.91 Å². The number of esters is 1. The first kappa shape index (κ1) is 12.5. The van der Waals surface area contributed by atoms with Gasteiger partial charge in [-0.2, -0.15) is 0 Å². The summed E-state index contributed by atoms with van der Waals surface area (Å²) < 4.78 is 4.57. The Morgan fingerprint density at radius 1 is 1.50 bits per heavy atom. The Hall–Kier alpha value is -1.91. The van der Waals surface area contributed by atoms with Crippen molar-refractivity contribution in [2.45, 2.75) is 18.8 Å². The summed E-state index contributed by atoms with van der Waals surface area (Å²) in [6.07, 6.45) is 4.79. The number of methoxy groups -OCH3 is 1. The van der Waals surface area contributed by atoms with E-state index in [1.54, 1.807) is 17.3 Å². The number of nitrogens with zero attached hydrogens (tertiary/aromatic N) is 2. The molecule has 1 fully saturated rings. The van der Waals surface area contributed by atoms with Gasteiger partial charge in [0.05, 0.1) is 7.11 Å². The number of amides is 1. The predicted molar refractivity (Wildman–Crippen MR) is 64.8 cm³/mol. The second-order valence-corrected chi connectivity index (χ2v) is 4.36. The number of aromatic nitrogens is 1. The minimum Gasteiger partial charge on any atom is -0.468 e. The van der Waals surface area contributed by atoms with Crippen LogP contribution in [0.25, 0.3) is 0 Å². The maximum atomic E-state index is 11.9. The summed E-state index contributed by atoms with van der Waals surface area (Å²) in [4.78, 5) is 28.6. The second kappa shape index (κ2) is 5.62. The summed E-state index contributed by atoms with van der Waals surface area (Å²) in [6, 6.07) is 3.88. The lowest BCUT2D eigenvalue weighted by Crippen LogP contribution is -2.41. The number of piperidine rings is 1. The van der Waals surface area contributed by atoms with Crippen LogP contribution in [0.4, 0.5) is 0 Å². The maximum Gasteiger partial charge on any atom is 0.325 e. The van der Waals surface area contributed by atoms with Crippen LogP contribution in [0.2, 0.25) is 0 Å². The molecular formula is C13H16N2O3. The Bertz CT molecular complexity index is 433. The second-order valence-electron chi connectivity index (χ2n) is 4.36. The van der Waals surface area contributed by atoms with Crippen LogP contribution < -0.4 is 0 Å². The van der Waals surface area contributed by atoms with Gasteiger partial charge < -0.3 is 9.64 Å². The molecule has 0 saturated carbocycles. The molecular weight excluding hydrogens is 232 g/mol. The van der Waals surface area contributed by atoms with Gasteiger partial charge in [-0.15, -0.1) is 0 Å². The van der Waals surface area contributed by atoms with E-state index in [0.29, 0.717) is 13.0 Å². The molecule has 5 nitrogen and oxygen atoms in total. The highest BCUT2D eigenvalue weighted by atomic mass is 16.5. The Labute approximate surface area is 106 Å². The molecule has 1 atom stereocenters. The van der Waals surface area contributed by atoms with Crippen LogP contribution in [0.1, 0.15) is 24.3 Å². The van der Waals surface area contributed by atoms with Gasteiger partial charge in [-0.25, -0.2) is 0 Å². The Morgan fingerprint density at radius 2 is 2.22 bits per heavy atom. The Morgan fingerprint density at radius 3 is 2.83 bits per heavy atom. The molecule has 2 heterocycles. The first-order valence-electron chi connectivity index (χ1n) is 5.95. The lowest BCUT2D eigenvalue weighted by Gasteiger charge is -2.31. The number of likely N-dealkylation sites (tertiary alicyclic amines) is 1. The van der Waals surface area contributed by atoms with Crippen LogP contribution in [0.15, 0.2) is 24.5 Å². The quantitative estimate of drug-likeness (QED) is 0.748. The van der Waals surface area contributed by atoms with Crippen molar-refractivity contribution >= 4 is 11.9 Å². The molecule has 0 N–H and O–H groups in total. The van der Waals surface area contributed by atoms with E-state index < -0.39 is 0 Å². The van der Waals surface area contributed by atoms with Crippen molar-refractivity contribution in [1.29, 1.82) is 0 Å². The van der Waals surface area contributed by atoms with Gasteiger partial charge >= 0.3 is 5.97 Å². The zero-order valence-corrected chi connectivity index (χ0v) is 10.3. The molecule has 0 spiro atoms. The Balaban J connectivity index is 1.96. The topological polar surface area (TPSA) is 59.5 Å². The molecule has 18 heavy (non-hydrogen) atoms. The standard InChI is InChI=1S/C13H16N2O3/c1-18-13(17)9-15-7-4-11(8-12(15)16)10-2-5-14-6-3-10/h2-3,5-6,11H,4,7-9H2,1H3/t11-/m0/s1. The van der Waals surface area contributed by atoms with Crippen molar-refractivity contribution in [2.24, 2.45) is 0 Å². The van der Waals surface area contributed by atoms with E-state index in [0.717, 1.165) is 12.0 Å². The van der Waals surface area contributed by atoms with Crippen LogP contribution in [0, 0.1) is 0 Å². The molecule has 1 saturated heterocycles. The summed E-state index contributed by atoms with van der Waals surface area (Å²) in [7, 11) is 1.33. The average Bonchev–Trinajstić information content (AvgIpc) is 2.42. The minimum atomic E-state index is -0.370. The first-order valence-corrected chi connectivity index (χ1v) is 5.95. The molecule has 0 unspecified atom stereocenters. The molecule has 5 heteroatoms. The number of ether oxygens (including phenoxy) is 1. The number of carbonyl (C=O) groups excluding carboxylic acids is 2. The van der Waals surface area contributed by atoms with Gasteiger partial charge in [-0.3, -0.25) is 14.6 Å². The van der Waals surface area contributed by atoms with Gasteiger partial charge in [-0.1, -0.05) is 0 Å². The van der Waals surface area contributed by atoms with Crippen LogP contribution in [0.3, 0.4) is 0 Å². The van der Waals surface area contributed by atoms with Crippen molar-refractivity contribution in [3.8, 4) is 0 Å². The van der Waals surface area contributed by atoms with Crippen molar-refractivity contribution in [1.82, 2.24) is 9.88 Å². The molecule has 0 bridgehead atoms. The fraction of sp³-hybridized carbons (Fsp3) is 0.462. The average molecular weight is 248 g/mol. The highest BCUT2D eigenvalue weighted by molar-refractivity contribution is 5.83. The van der Waals surface area contributed by atoms with E-state index in [1.165, 1.54) is 7.11 Å². The van der Waals surface area contributed by atoms with E-state index in [-0.39, 0.29) is 24.3 Å². The largest absolute Gasteiger partial charge is 0.468 e. The van der Waals surface area contributed by atoms with Gasteiger partial charge in [-0.05, 0) is 30.0 Å². The van der Waals surface area contributed by atoms with E-state index in [1.807, 2.05) is 12.1 Å². The van der Waals surface area contributed by atoms with Gasteiger partial charge in [0.1, 0.15) is 6.54 Å². The van der Waals surface area contributed by atoms with Crippen molar-refractivity contribution in [3.63, 3.8) is 0 Å². The molecule has 0 aromatic carbocycles. The van der Waals surface area contributed by atoms with Crippen LogP contribution in [-0.4, -0.2) is 42.0 Å². The normalized spacial score (nSPS) is 19.7. The van der Waals surface area contributed by atoms with Gasteiger partial charge in [0, 0.05) is 25.4 Å². The summed E-state index contributed by atoms with van der Waals surface area (Å²) in [5.74, 6) is -0.131. The van der Waals surface area contributed by atoms with Crippen molar-refractivity contribution in [3.05, 3.63) is 30.1 Å². The lowest BCUT2D eigenvalue weighted by atomic mass is 9.89. The molecule has 1 aliphatic rings. The van der Waals surface area contributed by atoms with Crippen LogP contribution in [0.5, 0.6) is 0 Å². The number of rotatable bonds is 3. The Kier molecular flexibility index (Phi) is 3.92.